The van der Waals surface area contributed by atoms with E-state index in [0.717, 1.165) is 18.1 Å². The lowest BCUT2D eigenvalue weighted by Crippen LogP contribution is -3.00. The summed E-state index contributed by atoms with van der Waals surface area (Å²) >= 11 is 0. The minimum absolute atomic E-state index is 0. The summed E-state index contributed by atoms with van der Waals surface area (Å²) in [5.41, 5.74) is 2.31. The van der Waals surface area contributed by atoms with Crippen molar-refractivity contribution in [3.63, 3.8) is 0 Å². The molecule has 6 rings (SSSR count). The van der Waals surface area contributed by atoms with E-state index in [1.54, 1.807) is 0 Å². The topological polar surface area (TPSA) is 22.1 Å². The van der Waals surface area contributed by atoms with Crippen molar-refractivity contribution in [3.8, 4) is 0 Å². The maximum atomic E-state index is 7.98. The highest BCUT2D eigenvalue weighted by atomic mass is 127. The first-order valence-electron chi connectivity index (χ1n) is 17.3. The van der Waals surface area contributed by atoms with E-state index in [1.807, 2.05) is 18.5 Å². The lowest BCUT2D eigenvalue weighted by Gasteiger charge is -2.45. The van der Waals surface area contributed by atoms with Crippen molar-refractivity contribution in [1.82, 2.24) is 4.98 Å². The Morgan fingerprint density at radius 1 is 0.640 bits per heavy atom. The van der Waals surface area contributed by atoms with Gasteiger partial charge in [0, 0.05) is 18.8 Å². The van der Waals surface area contributed by atoms with Crippen LogP contribution in [-0.2, 0) is 4.43 Å². The van der Waals surface area contributed by atoms with Gasteiger partial charge in [-0.25, -0.2) is 0 Å². The minimum atomic E-state index is -2.87. The molecule has 1 atom stereocenters. The van der Waals surface area contributed by atoms with E-state index in [0.29, 0.717) is 0 Å². The summed E-state index contributed by atoms with van der Waals surface area (Å²) in [5.74, 6) is 0. The van der Waals surface area contributed by atoms with Crippen LogP contribution in [0.1, 0.15) is 39.7 Å². The predicted octanol–water partition coefficient (Wildman–Crippen LogP) is 5.82. The van der Waals surface area contributed by atoms with Crippen LogP contribution in [0, 0.1) is 0 Å². The second-order valence-electron chi connectivity index (χ2n) is 13.8. The summed E-state index contributed by atoms with van der Waals surface area (Å²) in [7, 11) is -4.95. The lowest BCUT2D eigenvalue weighted by molar-refractivity contribution is -0.0000106. The van der Waals surface area contributed by atoms with Crippen molar-refractivity contribution in [2.45, 2.75) is 45.3 Å². The van der Waals surface area contributed by atoms with Gasteiger partial charge in [0.05, 0.1) is 12.3 Å². The second kappa shape index (κ2) is 17.0. The van der Waals surface area contributed by atoms with Gasteiger partial charge in [0.25, 0.3) is 8.32 Å². The summed E-state index contributed by atoms with van der Waals surface area (Å²) in [5, 5.41) is 6.63. The van der Waals surface area contributed by atoms with Gasteiger partial charge in [0.1, 0.15) is 23.2 Å². The SMILES string of the molecule is C/C(=C\c1cccnc1)[C@H](CC[P+](c1ccccc1)(c1ccccc1)c1ccccc1)O[Si](c1ccccc1)(c1ccccc1)C(C)(C)C.[I-]. The van der Waals surface area contributed by atoms with Crippen molar-refractivity contribution < 1.29 is 28.4 Å². The maximum absolute atomic E-state index is 7.98. The van der Waals surface area contributed by atoms with Crippen molar-refractivity contribution in [2.75, 3.05) is 6.16 Å². The lowest BCUT2D eigenvalue weighted by atomic mass is 10.1. The van der Waals surface area contributed by atoms with E-state index in [9.17, 15) is 0 Å². The van der Waals surface area contributed by atoms with Crippen LogP contribution in [0.5, 0.6) is 0 Å². The average Bonchev–Trinajstić information content (AvgIpc) is 3.15. The summed E-state index contributed by atoms with van der Waals surface area (Å²) < 4.78 is 7.98. The molecule has 0 spiro atoms. The number of aromatic nitrogens is 1. The van der Waals surface area contributed by atoms with Crippen molar-refractivity contribution in [2.24, 2.45) is 0 Å². The van der Waals surface area contributed by atoms with E-state index in [2.05, 4.69) is 196 Å². The van der Waals surface area contributed by atoms with Gasteiger partial charge in [-0.3, -0.25) is 4.98 Å². The smallest absolute Gasteiger partial charge is 0.261 e. The molecule has 0 unspecified atom stereocenters. The monoisotopic (exact) mass is 803 g/mol. The Bertz CT molecular complexity index is 1780. The molecule has 2 nitrogen and oxygen atoms in total. The first-order chi connectivity index (χ1) is 23.8. The molecule has 0 amide bonds. The van der Waals surface area contributed by atoms with Crippen molar-refractivity contribution in [3.05, 3.63) is 187 Å². The van der Waals surface area contributed by atoms with Crippen LogP contribution in [0.3, 0.4) is 0 Å². The van der Waals surface area contributed by atoms with Gasteiger partial charge in [-0.2, -0.15) is 0 Å². The van der Waals surface area contributed by atoms with Crippen LogP contribution in [0.25, 0.3) is 6.08 Å². The third kappa shape index (κ3) is 7.95. The molecule has 0 fully saturated rings. The standard InChI is InChI=1S/C45H47NOPSi.HI/c1-37(35-38-21-20-33-46-36-38)44(47-49(45(2,3)4,42-28-16-8-17-29-42)43-30-18-9-19-31-43)32-34-48(39-22-10-5-11-23-39,40-24-12-6-13-25-40)41-26-14-7-15-27-41;/h5-31,33,35-36,44H,32,34H2,1-4H3;1H/q+1;/p-1/b37-35+;/t44-;/m0./s1. The van der Waals surface area contributed by atoms with E-state index in [1.165, 1.54) is 31.9 Å². The highest BCUT2D eigenvalue weighted by Gasteiger charge is 2.52. The zero-order chi connectivity index (χ0) is 34.2. The van der Waals surface area contributed by atoms with Gasteiger partial charge < -0.3 is 28.4 Å². The van der Waals surface area contributed by atoms with Crippen LogP contribution in [0.4, 0.5) is 0 Å². The largest absolute Gasteiger partial charge is 1.00 e. The Labute approximate surface area is 318 Å². The van der Waals surface area contributed by atoms with Crippen LogP contribution in [-0.4, -0.2) is 25.6 Å². The van der Waals surface area contributed by atoms with Crippen LogP contribution in [0.2, 0.25) is 5.04 Å². The zero-order valence-corrected chi connectivity index (χ0v) is 33.5. The molecule has 5 heteroatoms. The summed E-state index contributed by atoms with van der Waals surface area (Å²) in [6.45, 7) is 9.35. The normalized spacial score (nSPS) is 12.9. The molecule has 0 saturated heterocycles. The maximum Gasteiger partial charge on any atom is 0.261 e. The van der Waals surface area contributed by atoms with Crippen LogP contribution < -0.4 is 50.3 Å². The van der Waals surface area contributed by atoms with Crippen molar-refractivity contribution in [1.29, 1.82) is 0 Å². The quantitative estimate of drug-likeness (QED) is 0.0886. The fourth-order valence-electron chi connectivity index (χ4n) is 7.29. The minimum Gasteiger partial charge on any atom is -1.00 e. The number of hydrogen-bond donors (Lipinski definition) is 0. The summed E-state index contributed by atoms with van der Waals surface area (Å²) in [4.78, 5) is 4.44. The first kappa shape index (κ1) is 37.6. The Kier molecular flexibility index (Phi) is 12.8. The number of nitrogens with zero attached hydrogens (tertiary/aromatic N) is 1. The molecular formula is C45H47INOPSi. The molecule has 0 radical (unpaired) electrons. The molecule has 0 aliphatic heterocycles. The molecule has 1 heterocycles. The Hall–Kier alpha value is -3.67. The third-order valence-corrected chi connectivity index (χ3v) is 19.2. The van der Waals surface area contributed by atoms with Crippen LogP contribution in [0.15, 0.2) is 182 Å². The zero-order valence-electron chi connectivity index (χ0n) is 29.5. The Morgan fingerprint density at radius 3 is 1.44 bits per heavy atom. The predicted molar refractivity (Wildman–Crippen MR) is 215 cm³/mol. The average molecular weight is 804 g/mol. The second-order valence-corrected chi connectivity index (χ2v) is 21.6. The third-order valence-electron chi connectivity index (χ3n) is 9.64. The van der Waals surface area contributed by atoms with Gasteiger partial charge in [-0.15, -0.1) is 0 Å². The first-order valence-corrected chi connectivity index (χ1v) is 21.1. The fourth-order valence-corrected chi connectivity index (χ4v) is 16.4. The Morgan fingerprint density at radius 2 is 1.06 bits per heavy atom. The molecule has 6 aromatic rings. The number of hydrogen-bond acceptors (Lipinski definition) is 2. The van der Waals surface area contributed by atoms with Gasteiger partial charge in [0.2, 0.25) is 0 Å². The number of halogens is 1. The Balaban J connectivity index is 0.00000486. The highest BCUT2D eigenvalue weighted by Crippen LogP contribution is 2.56. The molecule has 254 valence electrons. The fraction of sp³-hybridized carbons (Fsp3) is 0.178. The molecule has 5 aromatic carbocycles. The molecular weight excluding hydrogens is 756 g/mol. The van der Waals surface area contributed by atoms with E-state index >= 15 is 0 Å². The van der Waals surface area contributed by atoms with Gasteiger partial charge >= 0.3 is 0 Å². The molecule has 0 aliphatic rings. The summed E-state index contributed by atoms with van der Waals surface area (Å²) in [6.07, 6.45) is 7.75. The molecule has 1 aromatic heterocycles. The number of benzene rings is 5. The van der Waals surface area contributed by atoms with E-state index in [-0.39, 0.29) is 35.1 Å². The number of rotatable bonds is 12. The van der Waals surface area contributed by atoms with Gasteiger partial charge in [-0.05, 0) is 75.9 Å². The molecule has 0 N–H and O–H groups in total. The van der Waals surface area contributed by atoms with E-state index in [4.69, 9.17) is 4.43 Å². The van der Waals surface area contributed by atoms with Crippen molar-refractivity contribution >= 4 is 47.9 Å². The van der Waals surface area contributed by atoms with Gasteiger partial charge in [-0.1, -0.05) is 148 Å². The van der Waals surface area contributed by atoms with Gasteiger partial charge in [0.15, 0.2) is 0 Å². The number of pyridine rings is 1. The molecule has 50 heavy (non-hydrogen) atoms. The highest BCUT2D eigenvalue weighted by molar-refractivity contribution is 7.95. The molecule has 0 saturated carbocycles. The van der Waals surface area contributed by atoms with Crippen LogP contribution >= 0.6 is 7.26 Å². The summed E-state index contributed by atoms with van der Waals surface area (Å²) in [6, 6.07) is 59.8. The van der Waals surface area contributed by atoms with E-state index < -0.39 is 15.6 Å². The molecule has 0 bridgehead atoms. The molecule has 0 aliphatic carbocycles.